The van der Waals surface area contributed by atoms with Crippen molar-refractivity contribution < 1.29 is 14.3 Å². The molecule has 4 aromatic rings. The predicted molar refractivity (Wildman–Crippen MR) is 131 cm³/mol. The third-order valence-corrected chi connectivity index (χ3v) is 7.05. The average Bonchev–Trinajstić information content (AvgIpc) is 3.40. The molecule has 2 atom stereocenters. The lowest BCUT2D eigenvalue weighted by molar-refractivity contribution is -0.123. The van der Waals surface area contributed by atoms with Crippen molar-refractivity contribution in [1.29, 1.82) is 0 Å². The van der Waals surface area contributed by atoms with Crippen LogP contribution in [0.4, 0.5) is 5.69 Å². The van der Waals surface area contributed by atoms with Gasteiger partial charge in [0.05, 0.1) is 25.3 Å². The number of rotatable bonds is 4. The van der Waals surface area contributed by atoms with Crippen molar-refractivity contribution in [3.8, 4) is 5.75 Å². The van der Waals surface area contributed by atoms with E-state index in [9.17, 15) is 9.59 Å². The zero-order valence-electron chi connectivity index (χ0n) is 18.9. The van der Waals surface area contributed by atoms with E-state index in [1.54, 1.807) is 19.2 Å². The van der Waals surface area contributed by atoms with E-state index in [-0.39, 0.29) is 24.2 Å². The summed E-state index contributed by atoms with van der Waals surface area (Å²) in [5.74, 6) is 0.229. The molecule has 0 spiro atoms. The van der Waals surface area contributed by atoms with E-state index >= 15 is 0 Å². The molecule has 2 amide bonds. The van der Waals surface area contributed by atoms with Crippen molar-refractivity contribution >= 4 is 28.4 Å². The van der Waals surface area contributed by atoms with E-state index in [1.807, 2.05) is 24.3 Å². The highest BCUT2D eigenvalue weighted by Crippen LogP contribution is 2.41. The van der Waals surface area contributed by atoms with Gasteiger partial charge in [-0.2, -0.15) is 0 Å². The predicted octanol–water partition coefficient (Wildman–Crippen LogP) is 4.46. The van der Waals surface area contributed by atoms with Crippen LogP contribution in [0.2, 0.25) is 0 Å². The number of aromatic amines is 1. The van der Waals surface area contributed by atoms with Gasteiger partial charge in [0.15, 0.2) is 0 Å². The Morgan fingerprint density at radius 1 is 0.912 bits per heavy atom. The topological polar surface area (TPSA) is 65.6 Å². The van der Waals surface area contributed by atoms with Crippen molar-refractivity contribution in [2.75, 3.05) is 18.6 Å². The molecule has 1 aromatic heterocycles. The third kappa shape index (κ3) is 3.22. The summed E-state index contributed by atoms with van der Waals surface area (Å²) in [6, 6.07) is 25.4. The van der Waals surface area contributed by atoms with Crippen molar-refractivity contribution in [1.82, 2.24) is 9.88 Å². The Labute approximate surface area is 197 Å². The maximum Gasteiger partial charge on any atom is 0.251 e. The molecule has 6 heteroatoms. The minimum Gasteiger partial charge on any atom is -0.495 e. The van der Waals surface area contributed by atoms with Gasteiger partial charge in [-0.05, 0) is 29.3 Å². The molecule has 6 rings (SSSR count). The minimum atomic E-state index is -0.511. The van der Waals surface area contributed by atoms with E-state index < -0.39 is 6.04 Å². The normalized spacial score (nSPS) is 20.7. The van der Waals surface area contributed by atoms with Crippen LogP contribution < -0.4 is 9.64 Å². The van der Waals surface area contributed by atoms with Gasteiger partial charge in [0.25, 0.3) is 5.91 Å². The molecule has 0 bridgehead atoms. The van der Waals surface area contributed by atoms with E-state index in [4.69, 9.17) is 4.74 Å². The molecule has 0 aliphatic carbocycles. The van der Waals surface area contributed by atoms with Gasteiger partial charge in [-0.25, -0.2) is 4.90 Å². The van der Waals surface area contributed by atoms with Gasteiger partial charge in [-0.1, -0.05) is 60.7 Å². The number of hydrogen-bond donors (Lipinski definition) is 1. The van der Waals surface area contributed by atoms with Crippen LogP contribution in [0.3, 0.4) is 0 Å². The first-order valence-electron chi connectivity index (χ1n) is 11.5. The molecule has 2 aliphatic rings. The summed E-state index contributed by atoms with van der Waals surface area (Å²) in [7, 11) is 1.55. The molecule has 34 heavy (non-hydrogen) atoms. The van der Waals surface area contributed by atoms with Crippen molar-refractivity contribution in [3.05, 3.63) is 95.7 Å². The SMILES string of the molecule is COc1ccccc1N1C(=O)C[C@H](N2Cc3[nH]c4ccccc4c3[C@@H](c3ccccc3)C2)C1=O. The van der Waals surface area contributed by atoms with Crippen LogP contribution in [0.25, 0.3) is 10.9 Å². The molecule has 1 N–H and O–H groups in total. The first-order chi connectivity index (χ1) is 16.7. The van der Waals surface area contributed by atoms with Gasteiger partial charge in [0.2, 0.25) is 5.91 Å². The van der Waals surface area contributed by atoms with Crippen LogP contribution in [-0.4, -0.2) is 41.4 Å². The molecular formula is C28H25N3O3. The molecule has 170 valence electrons. The molecule has 1 fully saturated rings. The highest BCUT2D eigenvalue weighted by atomic mass is 16.5. The minimum absolute atomic E-state index is 0.101. The van der Waals surface area contributed by atoms with Crippen molar-refractivity contribution in [2.24, 2.45) is 0 Å². The number of H-pyrrole nitrogens is 1. The number of amides is 2. The van der Waals surface area contributed by atoms with Crippen LogP contribution in [0.15, 0.2) is 78.9 Å². The van der Waals surface area contributed by atoms with E-state index in [2.05, 4.69) is 52.3 Å². The summed E-state index contributed by atoms with van der Waals surface area (Å²) in [5.41, 5.74) is 5.20. The second-order valence-corrected chi connectivity index (χ2v) is 8.91. The number of carbonyl (C=O) groups excluding carboxylic acids is 2. The smallest absolute Gasteiger partial charge is 0.251 e. The van der Waals surface area contributed by atoms with E-state index in [0.717, 1.165) is 11.2 Å². The van der Waals surface area contributed by atoms with E-state index in [0.29, 0.717) is 24.5 Å². The molecule has 3 aromatic carbocycles. The Bertz CT molecular complexity index is 1390. The lowest BCUT2D eigenvalue weighted by Gasteiger charge is -2.36. The molecule has 0 radical (unpaired) electrons. The first-order valence-corrected chi connectivity index (χ1v) is 11.5. The van der Waals surface area contributed by atoms with Crippen LogP contribution in [-0.2, 0) is 16.1 Å². The molecular weight excluding hydrogens is 426 g/mol. The van der Waals surface area contributed by atoms with Gasteiger partial charge in [0, 0.05) is 35.6 Å². The number of imide groups is 1. The second kappa shape index (κ2) is 8.15. The Morgan fingerprint density at radius 3 is 2.47 bits per heavy atom. The summed E-state index contributed by atoms with van der Waals surface area (Å²) >= 11 is 0. The number of nitrogens with zero attached hydrogens (tertiary/aromatic N) is 2. The Balaban J connectivity index is 1.39. The highest BCUT2D eigenvalue weighted by molar-refractivity contribution is 6.23. The number of nitrogens with one attached hydrogen (secondary N) is 1. The van der Waals surface area contributed by atoms with Gasteiger partial charge in [-0.15, -0.1) is 0 Å². The number of fused-ring (bicyclic) bond motifs is 3. The number of benzene rings is 3. The number of para-hydroxylation sites is 3. The second-order valence-electron chi connectivity index (χ2n) is 8.91. The molecule has 6 nitrogen and oxygen atoms in total. The van der Waals surface area contributed by atoms with Gasteiger partial charge in [0.1, 0.15) is 5.75 Å². The number of aromatic nitrogens is 1. The largest absolute Gasteiger partial charge is 0.495 e. The summed E-state index contributed by atoms with van der Waals surface area (Å²) in [5, 5.41) is 1.22. The summed E-state index contributed by atoms with van der Waals surface area (Å²) in [6.45, 7) is 1.26. The van der Waals surface area contributed by atoms with Crippen molar-refractivity contribution in [3.63, 3.8) is 0 Å². The van der Waals surface area contributed by atoms with E-state index in [1.165, 1.54) is 21.4 Å². The van der Waals surface area contributed by atoms with Crippen LogP contribution >= 0.6 is 0 Å². The Hall–Kier alpha value is -3.90. The summed E-state index contributed by atoms with van der Waals surface area (Å²) in [4.78, 5) is 33.7. The van der Waals surface area contributed by atoms with Crippen molar-refractivity contribution in [2.45, 2.75) is 24.9 Å². The van der Waals surface area contributed by atoms with Gasteiger partial charge < -0.3 is 9.72 Å². The molecule has 3 heterocycles. The Morgan fingerprint density at radius 2 is 1.65 bits per heavy atom. The lowest BCUT2D eigenvalue weighted by atomic mass is 9.85. The van der Waals surface area contributed by atoms with Crippen LogP contribution in [0.1, 0.15) is 29.2 Å². The summed E-state index contributed by atoms with van der Waals surface area (Å²) in [6.07, 6.45) is 0.161. The number of hydrogen-bond acceptors (Lipinski definition) is 4. The zero-order valence-corrected chi connectivity index (χ0v) is 18.9. The number of methoxy groups -OCH3 is 1. The zero-order chi connectivity index (χ0) is 23.2. The monoisotopic (exact) mass is 451 g/mol. The fourth-order valence-corrected chi connectivity index (χ4v) is 5.50. The fourth-order valence-electron chi connectivity index (χ4n) is 5.50. The lowest BCUT2D eigenvalue weighted by Crippen LogP contribution is -2.45. The Kier molecular flexibility index (Phi) is 4.96. The number of anilines is 1. The first kappa shape index (κ1) is 20.7. The average molecular weight is 452 g/mol. The third-order valence-electron chi connectivity index (χ3n) is 7.05. The number of carbonyl (C=O) groups is 2. The standard InChI is InChI=1S/C28H25N3O3/c1-34-25-14-8-7-13-23(25)31-26(32)15-24(28(31)33)30-16-20(18-9-3-2-4-10-18)27-19-11-5-6-12-21(19)29-22(27)17-30/h2-14,20,24,29H,15-17H2,1H3/t20-,24+/m1/s1. The maximum absolute atomic E-state index is 13.6. The number of ether oxygens (including phenoxy) is 1. The molecule has 1 saturated heterocycles. The van der Waals surface area contributed by atoms with Crippen LogP contribution in [0, 0.1) is 0 Å². The maximum atomic E-state index is 13.6. The van der Waals surface area contributed by atoms with Crippen LogP contribution in [0.5, 0.6) is 5.75 Å². The van der Waals surface area contributed by atoms with Gasteiger partial charge in [-0.3, -0.25) is 14.5 Å². The van der Waals surface area contributed by atoms with Gasteiger partial charge >= 0.3 is 0 Å². The summed E-state index contributed by atoms with van der Waals surface area (Å²) < 4.78 is 5.43. The molecule has 0 unspecified atom stereocenters. The highest BCUT2D eigenvalue weighted by Gasteiger charge is 2.46. The molecule has 0 saturated carbocycles. The molecule has 2 aliphatic heterocycles. The fraction of sp³-hybridized carbons (Fsp3) is 0.214. The quantitative estimate of drug-likeness (QED) is 0.466.